The molecule has 1 atom stereocenters. The van der Waals surface area contributed by atoms with Gasteiger partial charge < -0.3 is 14.8 Å². The molecule has 3 aromatic carbocycles. The van der Waals surface area contributed by atoms with Crippen LogP contribution in [-0.2, 0) is 16.4 Å². The third-order valence-corrected chi connectivity index (χ3v) is 6.27. The lowest BCUT2D eigenvalue weighted by Gasteiger charge is -2.16. The Morgan fingerprint density at radius 1 is 1.00 bits per heavy atom. The first-order valence-electron chi connectivity index (χ1n) is 9.83. The summed E-state index contributed by atoms with van der Waals surface area (Å²) in [5, 5.41) is 3.56. The van der Waals surface area contributed by atoms with E-state index >= 15 is 0 Å². The largest absolute Gasteiger partial charge is 0.493 e. The van der Waals surface area contributed by atoms with Crippen molar-refractivity contribution >= 4 is 27.3 Å². The molecule has 0 heterocycles. The van der Waals surface area contributed by atoms with Gasteiger partial charge in [0.1, 0.15) is 6.61 Å². The van der Waals surface area contributed by atoms with Crippen LogP contribution < -0.4 is 14.8 Å². The number of carbonyl (C=O) groups excluding carboxylic acids is 1. The van der Waals surface area contributed by atoms with Crippen molar-refractivity contribution in [3.05, 3.63) is 88.4 Å². The molecule has 1 amide bonds. The molecule has 0 aromatic heterocycles. The van der Waals surface area contributed by atoms with E-state index in [1.54, 1.807) is 42.5 Å². The Morgan fingerprint density at radius 3 is 2.25 bits per heavy atom. The highest BCUT2D eigenvalue weighted by molar-refractivity contribution is 7.90. The van der Waals surface area contributed by atoms with E-state index in [4.69, 9.17) is 21.1 Å². The fourth-order valence-electron chi connectivity index (χ4n) is 3.04. The topological polar surface area (TPSA) is 81.7 Å². The predicted octanol–water partition coefficient (Wildman–Crippen LogP) is 4.82. The maximum Gasteiger partial charge on any atom is 0.251 e. The molecule has 1 N–H and O–H groups in total. The van der Waals surface area contributed by atoms with Gasteiger partial charge in [-0.2, -0.15) is 0 Å². The standard InChI is InChI=1S/C24H24ClNO5S/c1-16(18-6-11-21(12-7-18)32(3,28)29)26-24(27)19-8-13-22(23(14-19)30-2)31-15-17-4-9-20(25)10-5-17/h4-14,16H,15H2,1-3H3,(H,26,27)/t16-/m1/s1. The summed E-state index contributed by atoms with van der Waals surface area (Å²) in [6.45, 7) is 2.16. The Hall–Kier alpha value is -3.03. The zero-order valence-electron chi connectivity index (χ0n) is 18.0. The first-order chi connectivity index (χ1) is 15.2. The quantitative estimate of drug-likeness (QED) is 0.507. The minimum Gasteiger partial charge on any atom is -0.493 e. The second kappa shape index (κ2) is 10.1. The van der Waals surface area contributed by atoms with Crippen LogP contribution in [0, 0.1) is 0 Å². The van der Waals surface area contributed by atoms with Crippen molar-refractivity contribution in [2.45, 2.75) is 24.5 Å². The molecule has 0 aliphatic rings. The van der Waals surface area contributed by atoms with Gasteiger partial charge in [-0.15, -0.1) is 0 Å². The predicted molar refractivity (Wildman–Crippen MR) is 124 cm³/mol. The molecule has 0 aliphatic carbocycles. The Morgan fingerprint density at radius 2 is 1.66 bits per heavy atom. The number of carbonyl (C=O) groups is 1. The molecule has 168 valence electrons. The molecule has 32 heavy (non-hydrogen) atoms. The summed E-state index contributed by atoms with van der Waals surface area (Å²) in [6, 6.07) is 18.4. The second-order valence-electron chi connectivity index (χ2n) is 7.32. The Labute approximate surface area is 193 Å². The van der Waals surface area contributed by atoms with Gasteiger partial charge in [0.2, 0.25) is 0 Å². The van der Waals surface area contributed by atoms with Gasteiger partial charge in [-0.05, 0) is 60.5 Å². The molecule has 0 saturated carbocycles. The number of nitrogens with one attached hydrogen (secondary N) is 1. The molecular weight excluding hydrogens is 450 g/mol. The van der Waals surface area contributed by atoms with Gasteiger partial charge >= 0.3 is 0 Å². The maximum atomic E-state index is 12.7. The summed E-state index contributed by atoms with van der Waals surface area (Å²) in [4.78, 5) is 13.0. The van der Waals surface area contributed by atoms with E-state index in [9.17, 15) is 13.2 Å². The number of hydrogen-bond acceptors (Lipinski definition) is 5. The van der Waals surface area contributed by atoms with E-state index in [-0.39, 0.29) is 16.8 Å². The van der Waals surface area contributed by atoms with Crippen LogP contribution >= 0.6 is 11.6 Å². The molecule has 0 radical (unpaired) electrons. The molecule has 3 rings (SSSR count). The van der Waals surface area contributed by atoms with Gasteiger partial charge in [-0.3, -0.25) is 4.79 Å². The van der Waals surface area contributed by atoms with Crippen LogP contribution in [0.5, 0.6) is 11.5 Å². The average Bonchev–Trinajstić information content (AvgIpc) is 2.78. The summed E-state index contributed by atoms with van der Waals surface area (Å²) in [6.07, 6.45) is 1.16. The van der Waals surface area contributed by atoms with Gasteiger partial charge in [0.25, 0.3) is 5.91 Å². The average molecular weight is 474 g/mol. The Balaban J connectivity index is 1.67. The maximum absolute atomic E-state index is 12.7. The van der Waals surface area contributed by atoms with Crippen LogP contribution in [0.3, 0.4) is 0 Å². The van der Waals surface area contributed by atoms with Crippen molar-refractivity contribution in [2.24, 2.45) is 0 Å². The molecule has 6 nitrogen and oxygen atoms in total. The van der Waals surface area contributed by atoms with Crippen molar-refractivity contribution in [1.29, 1.82) is 0 Å². The fraction of sp³-hybridized carbons (Fsp3) is 0.208. The minimum atomic E-state index is -3.27. The van der Waals surface area contributed by atoms with Crippen LogP contribution in [0.25, 0.3) is 0 Å². The van der Waals surface area contributed by atoms with E-state index in [0.717, 1.165) is 17.4 Å². The highest BCUT2D eigenvalue weighted by Crippen LogP contribution is 2.29. The molecule has 0 unspecified atom stereocenters. The number of halogens is 1. The fourth-order valence-corrected chi connectivity index (χ4v) is 3.79. The van der Waals surface area contributed by atoms with Crippen molar-refractivity contribution in [1.82, 2.24) is 5.32 Å². The molecule has 8 heteroatoms. The lowest BCUT2D eigenvalue weighted by molar-refractivity contribution is 0.0939. The van der Waals surface area contributed by atoms with Crippen molar-refractivity contribution in [3.8, 4) is 11.5 Å². The van der Waals surface area contributed by atoms with E-state index in [1.807, 2.05) is 19.1 Å². The van der Waals surface area contributed by atoms with Gasteiger partial charge in [-0.25, -0.2) is 8.42 Å². The molecule has 0 fully saturated rings. The monoisotopic (exact) mass is 473 g/mol. The van der Waals surface area contributed by atoms with E-state index in [2.05, 4.69) is 5.32 Å². The first-order valence-corrected chi connectivity index (χ1v) is 12.1. The Bertz CT molecular complexity index is 1190. The van der Waals surface area contributed by atoms with E-state index < -0.39 is 9.84 Å². The number of hydrogen-bond donors (Lipinski definition) is 1. The zero-order chi connectivity index (χ0) is 23.3. The number of amides is 1. The lowest BCUT2D eigenvalue weighted by Crippen LogP contribution is -2.26. The number of rotatable bonds is 8. The van der Waals surface area contributed by atoms with Gasteiger partial charge in [0.05, 0.1) is 18.0 Å². The molecule has 0 bridgehead atoms. The van der Waals surface area contributed by atoms with Crippen molar-refractivity contribution < 1.29 is 22.7 Å². The van der Waals surface area contributed by atoms with Gasteiger partial charge in [0.15, 0.2) is 21.3 Å². The first kappa shape index (κ1) is 23.6. The van der Waals surface area contributed by atoms with Crippen molar-refractivity contribution in [2.75, 3.05) is 13.4 Å². The smallest absolute Gasteiger partial charge is 0.251 e. The molecule has 0 spiro atoms. The molecule has 3 aromatic rings. The molecule has 0 aliphatic heterocycles. The molecule has 0 saturated heterocycles. The summed E-state index contributed by atoms with van der Waals surface area (Å²) < 4.78 is 34.4. The second-order valence-corrected chi connectivity index (χ2v) is 9.77. The van der Waals surface area contributed by atoms with Crippen LogP contribution in [0.1, 0.15) is 34.5 Å². The number of sulfone groups is 1. The van der Waals surface area contributed by atoms with Crippen molar-refractivity contribution in [3.63, 3.8) is 0 Å². The van der Waals surface area contributed by atoms with E-state index in [1.165, 1.54) is 19.2 Å². The van der Waals surface area contributed by atoms with Gasteiger partial charge in [0, 0.05) is 16.8 Å². The summed E-state index contributed by atoms with van der Waals surface area (Å²) in [5.41, 5.74) is 2.16. The normalized spacial score (nSPS) is 12.1. The SMILES string of the molecule is COc1cc(C(=O)N[C@H](C)c2ccc(S(C)(=O)=O)cc2)ccc1OCc1ccc(Cl)cc1. The lowest BCUT2D eigenvalue weighted by atomic mass is 10.1. The van der Waals surface area contributed by atoms with Gasteiger partial charge in [-0.1, -0.05) is 35.9 Å². The summed E-state index contributed by atoms with van der Waals surface area (Å²) in [7, 11) is -1.75. The minimum absolute atomic E-state index is 0.235. The third-order valence-electron chi connectivity index (χ3n) is 4.89. The van der Waals surface area contributed by atoms with E-state index in [0.29, 0.717) is 28.7 Å². The summed E-state index contributed by atoms with van der Waals surface area (Å²) in [5.74, 6) is 0.674. The van der Waals surface area contributed by atoms with Crippen LogP contribution in [0.2, 0.25) is 5.02 Å². The number of benzene rings is 3. The highest BCUT2D eigenvalue weighted by Gasteiger charge is 2.15. The third kappa shape index (κ3) is 6.02. The Kier molecular flexibility index (Phi) is 7.43. The van der Waals surface area contributed by atoms with Crippen LogP contribution in [0.15, 0.2) is 71.6 Å². The molecular formula is C24H24ClNO5S. The highest BCUT2D eigenvalue weighted by atomic mass is 35.5. The summed E-state index contributed by atoms with van der Waals surface area (Å²) >= 11 is 5.90. The van der Waals surface area contributed by atoms with Crippen LogP contribution in [-0.4, -0.2) is 27.7 Å². The zero-order valence-corrected chi connectivity index (χ0v) is 19.5. The van der Waals surface area contributed by atoms with Crippen LogP contribution in [0.4, 0.5) is 0 Å². The number of methoxy groups -OCH3 is 1. The number of ether oxygens (including phenoxy) is 2.